The number of carbonyl (C=O) groups excluding carboxylic acids is 1. The van der Waals surface area contributed by atoms with Crippen LogP contribution in [-0.4, -0.2) is 24.3 Å². The van der Waals surface area contributed by atoms with Gasteiger partial charge in [0.05, 0.1) is 5.60 Å². The molecule has 1 aliphatic carbocycles. The van der Waals surface area contributed by atoms with E-state index in [1.165, 1.54) is 17.2 Å². The molecule has 0 N–H and O–H groups in total. The SMILES string of the molecule is COC12C=CC(=O)C=C1C=CC(C)(CC/C=C(\C)CCC=C(C)C)O2. The van der Waals surface area contributed by atoms with Gasteiger partial charge >= 0.3 is 0 Å². The van der Waals surface area contributed by atoms with Crippen molar-refractivity contribution in [1.82, 2.24) is 0 Å². The fourth-order valence-corrected chi connectivity index (χ4v) is 3.15. The lowest BCUT2D eigenvalue weighted by Gasteiger charge is -2.43. The Morgan fingerprint density at radius 3 is 2.60 bits per heavy atom. The molecular formula is C22H30O3. The molecule has 0 aromatic carbocycles. The minimum Gasteiger partial charge on any atom is -0.346 e. The molecule has 3 nitrogen and oxygen atoms in total. The van der Waals surface area contributed by atoms with Gasteiger partial charge in [-0.05, 0) is 71.6 Å². The maximum atomic E-state index is 11.6. The molecule has 2 rings (SSSR count). The maximum absolute atomic E-state index is 11.6. The minimum atomic E-state index is -0.945. The van der Waals surface area contributed by atoms with E-state index >= 15 is 0 Å². The molecule has 0 aromatic rings. The predicted octanol–water partition coefficient (Wildman–Crippen LogP) is 5.21. The third-order valence-electron chi connectivity index (χ3n) is 4.70. The second-order valence-electron chi connectivity index (χ2n) is 7.36. The van der Waals surface area contributed by atoms with Gasteiger partial charge in [-0.1, -0.05) is 35.5 Å². The summed E-state index contributed by atoms with van der Waals surface area (Å²) in [6.07, 6.45) is 17.4. The number of rotatable bonds is 7. The molecule has 136 valence electrons. The molecule has 25 heavy (non-hydrogen) atoms. The zero-order valence-corrected chi connectivity index (χ0v) is 16.1. The smallest absolute Gasteiger partial charge is 0.216 e. The lowest BCUT2D eigenvalue weighted by molar-refractivity contribution is -0.216. The first kappa shape index (κ1) is 19.6. The highest BCUT2D eigenvalue weighted by atomic mass is 16.7. The van der Waals surface area contributed by atoms with Crippen molar-refractivity contribution >= 4 is 5.78 Å². The number of hydrogen-bond donors (Lipinski definition) is 0. The summed E-state index contributed by atoms with van der Waals surface area (Å²) in [6.45, 7) is 8.52. The standard InChI is InChI=1S/C22H30O3/c1-17(2)8-6-9-18(3)10-7-13-21(4)14-11-19-16-20(23)12-15-22(19,24-5)25-21/h8,10-12,14-16H,6-7,9,13H2,1-5H3/b18-10+. The van der Waals surface area contributed by atoms with Gasteiger partial charge in [-0.25, -0.2) is 0 Å². The first-order chi connectivity index (χ1) is 11.8. The third kappa shape index (κ3) is 5.13. The van der Waals surface area contributed by atoms with Crippen LogP contribution in [0.4, 0.5) is 0 Å². The molecule has 2 aliphatic rings. The minimum absolute atomic E-state index is 0.0329. The van der Waals surface area contributed by atoms with Crippen LogP contribution in [-0.2, 0) is 14.3 Å². The Balaban J connectivity index is 1.99. The van der Waals surface area contributed by atoms with E-state index in [0.29, 0.717) is 0 Å². The number of hydrogen-bond acceptors (Lipinski definition) is 3. The van der Waals surface area contributed by atoms with Gasteiger partial charge < -0.3 is 9.47 Å². The average Bonchev–Trinajstić information content (AvgIpc) is 2.55. The molecule has 1 aliphatic heterocycles. The molecule has 0 aromatic heterocycles. The fourth-order valence-electron chi connectivity index (χ4n) is 3.15. The Hall–Kier alpha value is -1.71. The molecular weight excluding hydrogens is 312 g/mol. The van der Waals surface area contributed by atoms with Crippen LogP contribution in [0.25, 0.3) is 0 Å². The van der Waals surface area contributed by atoms with E-state index in [4.69, 9.17) is 9.47 Å². The first-order valence-corrected chi connectivity index (χ1v) is 8.97. The van der Waals surface area contributed by atoms with Crippen molar-refractivity contribution < 1.29 is 14.3 Å². The fraction of sp³-hybridized carbons (Fsp3) is 0.500. The summed E-state index contributed by atoms with van der Waals surface area (Å²) in [6, 6.07) is 0. The Bertz CT molecular complexity index is 659. The topological polar surface area (TPSA) is 35.5 Å². The molecule has 0 spiro atoms. The number of ether oxygens (including phenoxy) is 2. The molecule has 2 unspecified atom stereocenters. The van der Waals surface area contributed by atoms with Crippen molar-refractivity contribution in [3.8, 4) is 0 Å². The van der Waals surface area contributed by atoms with Crippen LogP contribution in [0.3, 0.4) is 0 Å². The van der Waals surface area contributed by atoms with Gasteiger partial charge in [0.15, 0.2) is 5.78 Å². The second-order valence-corrected chi connectivity index (χ2v) is 7.36. The number of fused-ring (bicyclic) bond motifs is 1. The van der Waals surface area contributed by atoms with Crippen LogP contribution < -0.4 is 0 Å². The van der Waals surface area contributed by atoms with Crippen LogP contribution in [0.15, 0.2) is 59.3 Å². The molecule has 0 saturated heterocycles. The lowest BCUT2D eigenvalue weighted by Crippen LogP contribution is -2.47. The van der Waals surface area contributed by atoms with Gasteiger partial charge in [0.25, 0.3) is 0 Å². The first-order valence-electron chi connectivity index (χ1n) is 8.97. The summed E-state index contributed by atoms with van der Waals surface area (Å²) in [5, 5.41) is 0. The van der Waals surface area contributed by atoms with E-state index in [0.717, 1.165) is 31.3 Å². The van der Waals surface area contributed by atoms with Crippen molar-refractivity contribution in [2.24, 2.45) is 0 Å². The average molecular weight is 342 g/mol. The van der Waals surface area contributed by atoms with Crippen molar-refractivity contribution in [3.05, 3.63) is 59.3 Å². The molecule has 3 heteroatoms. The second kappa shape index (κ2) is 8.11. The third-order valence-corrected chi connectivity index (χ3v) is 4.70. The Morgan fingerprint density at radius 2 is 1.92 bits per heavy atom. The Morgan fingerprint density at radius 1 is 1.16 bits per heavy atom. The van der Waals surface area contributed by atoms with Gasteiger partial charge in [0.2, 0.25) is 5.79 Å². The zero-order chi connectivity index (χ0) is 18.5. The monoisotopic (exact) mass is 342 g/mol. The molecule has 0 saturated carbocycles. The lowest BCUT2D eigenvalue weighted by atomic mass is 9.88. The normalized spacial score (nSPS) is 28.6. The van der Waals surface area contributed by atoms with Crippen LogP contribution in [0.2, 0.25) is 0 Å². The van der Waals surface area contributed by atoms with Crippen LogP contribution in [0, 0.1) is 0 Å². The molecule has 1 heterocycles. The van der Waals surface area contributed by atoms with Crippen molar-refractivity contribution in [1.29, 1.82) is 0 Å². The van der Waals surface area contributed by atoms with Gasteiger partial charge in [0, 0.05) is 12.7 Å². The Kier molecular flexibility index (Phi) is 6.36. The molecule has 2 atom stereocenters. The van der Waals surface area contributed by atoms with Gasteiger partial charge in [-0.2, -0.15) is 0 Å². The summed E-state index contributed by atoms with van der Waals surface area (Å²) in [7, 11) is 1.61. The Labute approximate surface area is 151 Å². The number of carbonyl (C=O) groups is 1. The largest absolute Gasteiger partial charge is 0.346 e. The highest BCUT2D eigenvalue weighted by Crippen LogP contribution is 2.40. The van der Waals surface area contributed by atoms with Gasteiger partial charge in [-0.15, -0.1) is 0 Å². The number of methoxy groups -OCH3 is 1. The highest BCUT2D eigenvalue weighted by Gasteiger charge is 2.43. The van der Waals surface area contributed by atoms with Crippen LogP contribution in [0.1, 0.15) is 53.4 Å². The summed E-state index contributed by atoms with van der Waals surface area (Å²) in [5.74, 6) is -0.978. The van der Waals surface area contributed by atoms with Gasteiger partial charge in [-0.3, -0.25) is 4.79 Å². The molecule has 0 radical (unpaired) electrons. The van der Waals surface area contributed by atoms with E-state index in [1.54, 1.807) is 19.3 Å². The molecule has 0 fully saturated rings. The maximum Gasteiger partial charge on any atom is 0.216 e. The van der Waals surface area contributed by atoms with Crippen molar-refractivity contribution in [3.63, 3.8) is 0 Å². The van der Waals surface area contributed by atoms with E-state index in [-0.39, 0.29) is 5.78 Å². The highest BCUT2D eigenvalue weighted by molar-refractivity contribution is 6.01. The summed E-state index contributed by atoms with van der Waals surface area (Å²) >= 11 is 0. The van der Waals surface area contributed by atoms with E-state index in [9.17, 15) is 4.79 Å². The zero-order valence-electron chi connectivity index (χ0n) is 16.1. The van der Waals surface area contributed by atoms with Crippen LogP contribution >= 0.6 is 0 Å². The summed E-state index contributed by atoms with van der Waals surface area (Å²) < 4.78 is 11.9. The van der Waals surface area contributed by atoms with Crippen molar-refractivity contribution in [2.45, 2.75) is 64.8 Å². The van der Waals surface area contributed by atoms with E-state index in [2.05, 4.69) is 39.8 Å². The van der Waals surface area contributed by atoms with Gasteiger partial charge in [0.1, 0.15) is 0 Å². The molecule has 0 amide bonds. The van der Waals surface area contributed by atoms with E-state index < -0.39 is 11.4 Å². The summed E-state index contributed by atoms with van der Waals surface area (Å²) in [4.78, 5) is 11.6. The quantitative estimate of drug-likeness (QED) is 0.596. The number of allylic oxidation sites excluding steroid dienone is 6. The van der Waals surface area contributed by atoms with Crippen molar-refractivity contribution in [2.75, 3.05) is 7.11 Å². The predicted molar refractivity (Wildman–Crippen MR) is 102 cm³/mol. The summed E-state index contributed by atoms with van der Waals surface area (Å²) in [5.41, 5.74) is 3.11. The van der Waals surface area contributed by atoms with Crippen LogP contribution in [0.5, 0.6) is 0 Å². The number of ketones is 1. The molecule has 0 bridgehead atoms. The van der Waals surface area contributed by atoms with E-state index in [1.807, 2.05) is 12.2 Å².